The monoisotopic (exact) mass is 911 g/mol. The summed E-state index contributed by atoms with van der Waals surface area (Å²) in [7, 11) is 1.08. The molecule has 2 bridgehead atoms. The van der Waals surface area contributed by atoms with Crippen molar-refractivity contribution in [2.24, 2.45) is 0 Å². The van der Waals surface area contributed by atoms with Gasteiger partial charge < -0.3 is 33.5 Å². The maximum Gasteiger partial charge on any atom is 0.410 e. The Morgan fingerprint density at radius 3 is 2.20 bits per heavy atom. The molecule has 0 spiro atoms. The number of rotatable bonds is 13. The molecule has 2 unspecified atom stereocenters. The molecular formula is C49H66FN7O7Si. The molecule has 3 atom stereocenters. The average molecular weight is 912 g/mol. The van der Waals surface area contributed by atoms with E-state index in [2.05, 4.69) is 62.5 Å². The largest absolute Gasteiger partial charge is 0.467 e. The van der Waals surface area contributed by atoms with Gasteiger partial charge in [0.05, 0.1) is 23.7 Å². The number of hydrogen-bond donors (Lipinski definition) is 0. The zero-order chi connectivity index (χ0) is 46.5. The summed E-state index contributed by atoms with van der Waals surface area (Å²) < 4.78 is 49.0. The third kappa shape index (κ3) is 8.94. The number of piperazine rings is 1. The molecule has 3 saturated heterocycles. The van der Waals surface area contributed by atoms with Gasteiger partial charge in [-0.2, -0.15) is 15.0 Å². The molecule has 2 amide bonds. The maximum absolute atomic E-state index is 16.4. The highest BCUT2D eigenvalue weighted by atomic mass is 28.3. The molecule has 0 N–H and O–H groups in total. The molecule has 3 aliphatic heterocycles. The summed E-state index contributed by atoms with van der Waals surface area (Å²) in [5.74, 6) is 4.50. The highest BCUT2D eigenvalue weighted by molar-refractivity contribution is 6.90. The van der Waals surface area contributed by atoms with Crippen LogP contribution in [0.4, 0.5) is 15.0 Å². The Morgan fingerprint density at radius 1 is 0.923 bits per heavy atom. The summed E-state index contributed by atoms with van der Waals surface area (Å²) in [6, 6.07) is 6.93. The van der Waals surface area contributed by atoms with Crippen LogP contribution in [0.2, 0.25) is 16.6 Å². The van der Waals surface area contributed by atoms with Crippen LogP contribution in [0.25, 0.3) is 21.9 Å². The number of likely N-dealkylation sites (N-methyl/N-ethyl adjacent to an activating group) is 1. The lowest BCUT2D eigenvalue weighted by atomic mass is 9.93. The number of nitrogens with zero attached hydrogens (tertiary/aromatic N) is 7. The van der Waals surface area contributed by atoms with E-state index in [9.17, 15) is 9.59 Å². The van der Waals surface area contributed by atoms with Crippen molar-refractivity contribution in [2.45, 2.75) is 154 Å². The minimum absolute atomic E-state index is 0.000387. The SMILES string of the molecule is COCOc1cc(Oc2nc3nc(OC[C@@H]4CCC(=O)N4C)nc(N4CC5CCC(C4)N5C(=O)OC(C)(C)C)c3n2C2CCC2)c2c(C#C[Si](C(C)C)(C(C)C)C(C)C)c(F)ccc2c1. The molecule has 4 aromatic rings. The van der Waals surface area contributed by atoms with Gasteiger partial charge in [0.2, 0.25) is 5.91 Å². The number of ether oxygens (including phenoxy) is 5. The van der Waals surface area contributed by atoms with Crippen molar-refractivity contribution in [1.82, 2.24) is 29.3 Å². The Balaban J connectivity index is 1.28. The zero-order valence-electron chi connectivity index (χ0n) is 40.0. The molecule has 0 radical (unpaired) electrons. The average Bonchev–Trinajstić information content (AvgIpc) is 3.83. The standard InChI is InChI=1S/C49H66FN7O7Si/c1-29(2)65(30(3)4,31(5)6)22-21-38-39(50)19-15-32-23-37(62-28-60-11)24-40(42(32)38)63-47-52-44-43(57(47)33-13-12-14-33)45(53-46(51-44)61-27-36-18-20-41(58)54(36)10)55-25-34-16-17-35(26-55)56(34)48(59)64-49(7,8)9/h15,19,23-24,29-31,33-36H,12-14,16-18,20,25-28H2,1-11H3/t34?,35?,36-/m0/s1. The van der Waals surface area contributed by atoms with E-state index in [4.69, 9.17) is 38.6 Å². The second-order valence-corrected chi connectivity index (χ2v) is 25.9. The van der Waals surface area contributed by atoms with Crippen LogP contribution in [-0.4, -0.2) is 114 Å². The minimum Gasteiger partial charge on any atom is -0.467 e. The molecule has 1 aliphatic carbocycles. The van der Waals surface area contributed by atoms with Crippen molar-refractivity contribution in [3.05, 3.63) is 35.6 Å². The molecule has 65 heavy (non-hydrogen) atoms. The Kier molecular flexibility index (Phi) is 13.0. The lowest BCUT2D eigenvalue weighted by Gasteiger charge is -2.42. The van der Waals surface area contributed by atoms with Crippen LogP contribution in [0.3, 0.4) is 0 Å². The molecule has 16 heteroatoms. The summed E-state index contributed by atoms with van der Waals surface area (Å²) in [4.78, 5) is 47.0. The Labute approximate surface area is 383 Å². The third-order valence-corrected chi connectivity index (χ3v) is 20.4. The number of likely N-dealkylation sites (tertiary alicyclic amines) is 1. The lowest BCUT2D eigenvalue weighted by Crippen LogP contribution is -2.57. The first-order chi connectivity index (χ1) is 30.9. The van der Waals surface area contributed by atoms with Gasteiger partial charge in [-0.25, -0.2) is 9.18 Å². The number of carbonyl (C=O) groups excluding carboxylic acids is 2. The molecule has 4 fully saturated rings. The number of halogens is 1. The van der Waals surface area contributed by atoms with E-state index in [0.29, 0.717) is 81.8 Å². The van der Waals surface area contributed by atoms with Gasteiger partial charge in [0.25, 0.3) is 0 Å². The topological polar surface area (TPSA) is 134 Å². The van der Waals surface area contributed by atoms with E-state index >= 15 is 4.39 Å². The quantitative estimate of drug-likeness (QED) is 0.0721. The molecule has 5 heterocycles. The normalized spacial score (nSPS) is 20.3. The second-order valence-electron chi connectivity index (χ2n) is 20.3. The molecule has 2 aromatic carbocycles. The van der Waals surface area contributed by atoms with Gasteiger partial charge in [0.15, 0.2) is 18.3 Å². The van der Waals surface area contributed by atoms with E-state index in [1.807, 2.05) is 31.7 Å². The van der Waals surface area contributed by atoms with Crippen LogP contribution in [0, 0.1) is 17.3 Å². The number of benzene rings is 2. The molecular weight excluding hydrogens is 846 g/mol. The van der Waals surface area contributed by atoms with E-state index in [-0.39, 0.29) is 67.2 Å². The summed E-state index contributed by atoms with van der Waals surface area (Å²) >= 11 is 0. The van der Waals surface area contributed by atoms with Gasteiger partial charge >= 0.3 is 18.1 Å². The Bertz CT molecular complexity index is 2470. The van der Waals surface area contributed by atoms with Crippen molar-refractivity contribution in [2.75, 3.05) is 45.5 Å². The summed E-state index contributed by atoms with van der Waals surface area (Å²) in [5, 5.41) is 1.22. The van der Waals surface area contributed by atoms with Crippen molar-refractivity contribution in [3.63, 3.8) is 0 Å². The number of anilines is 1. The Morgan fingerprint density at radius 2 is 1.62 bits per heavy atom. The first kappa shape index (κ1) is 46.4. The van der Waals surface area contributed by atoms with Crippen LogP contribution < -0.4 is 19.1 Å². The predicted molar refractivity (Wildman–Crippen MR) is 251 cm³/mol. The molecule has 2 aromatic heterocycles. The summed E-state index contributed by atoms with van der Waals surface area (Å²) in [6.07, 6.45) is 5.30. The number of hydrogen-bond acceptors (Lipinski definition) is 11. The molecule has 1 saturated carbocycles. The van der Waals surface area contributed by atoms with Gasteiger partial charge in [0.1, 0.15) is 43.1 Å². The smallest absolute Gasteiger partial charge is 0.410 e. The zero-order valence-corrected chi connectivity index (χ0v) is 41.0. The lowest BCUT2D eigenvalue weighted by molar-refractivity contribution is -0.128. The first-order valence-corrected chi connectivity index (χ1v) is 25.7. The highest BCUT2D eigenvalue weighted by Gasteiger charge is 2.46. The van der Waals surface area contributed by atoms with E-state index in [1.165, 1.54) is 6.07 Å². The van der Waals surface area contributed by atoms with E-state index in [1.54, 1.807) is 31.2 Å². The maximum atomic E-state index is 16.4. The van der Waals surface area contributed by atoms with E-state index < -0.39 is 19.5 Å². The van der Waals surface area contributed by atoms with Crippen LogP contribution in [0.15, 0.2) is 24.3 Å². The fraction of sp³-hybridized carbons (Fsp3) is 0.612. The molecule has 8 rings (SSSR count). The van der Waals surface area contributed by atoms with Gasteiger partial charge in [-0.05, 0) is 93.4 Å². The van der Waals surface area contributed by atoms with Gasteiger partial charge in [0, 0.05) is 51.2 Å². The summed E-state index contributed by atoms with van der Waals surface area (Å²) in [6.45, 7) is 20.4. The number of aromatic nitrogens is 4. The number of carbonyl (C=O) groups is 2. The van der Waals surface area contributed by atoms with Crippen molar-refractivity contribution >= 4 is 47.8 Å². The Hall–Kier alpha value is -5.14. The van der Waals surface area contributed by atoms with Crippen molar-refractivity contribution in [3.8, 4) is 35.0 Å². The third-order valence-electron chi connectivity index (χ3n) is 14.2. The van der Waals surface area contributed by atoms with E-state index in [0.717, 1.165) is 32.1 Å². The van der Waals surface area contributed by atoms with Crippen LogP contribution >= 0.6 is 0 Å². The molecule has 4 aliphatic rings. The molecule has 350 valence electrons. The van der Waals surface area contributed by atoms with Crippen LogP contribution in [0.1, 0.15) is 119 Å². The number of amides is 2. The second kappa shape index (κ2) is 18.3. The van der Waals surface area contributed by atoms with Crippen molar-refractivity contribution in [1.29, 1.82) is 0 Å². The van der Waals surface area contributed by atoms with Crippen LogP contribution in [-0.2, 0) is 14.3 Å². The van der Waals surface area contributed by atoms with Crippen molar-refractivity contribution < 1.29 is 37.7 Å². The summed E-state index contributed by atoms with van der Waals surface area (Å²) in [5.41, 5.74) is 5.51. The fourth-order valence-corrected chi connectivity index (χ4v) is 15.9. The number of methoxy groups -OCH3 is 1. The minimum atomic E-state index is -2.27. The number of imidazole rings is 1. The predicted octanol–water partition coefficient (Wildman–Crippen LogP) is 9.78. The first-order valence-electron chi connectivity index (χ1n) is 23.4. The van der Waals surface area contributed by atoms with Gasteiger partial charge in [-0.15, -0.1) is 5.54 Å². The van der Waals surface area contributed by atoms with Gasteiger partial charge in [-0.1, -0.05) is 53.5 Å². The number of fused-ring (bicyclic) bond motifs is 4. The highest BCUT2D eigenvalue weighted by Crippen LogP contribution is 2.46. The van der Waals surface area contributed by atoms with Crippen LogP contribution in [0.5, 0.6) is 23.5 Å². The van der Waals surface area contributed by atoms with Gasteiger partial charge in [-0.3, -0.25) is 14.3 Å². The molecule has 14 nitrogen and oxygen atoms in total. The fourth-order valence-electron chi connectivity index (χ4n) is 10.7.